The molecule has 1 fully saturated rings. The molecule has 6 nitrogen and oxygen atoms in total. The number of methoxy groups -OCH3 is 1. The minimum Gasteiger partial charge on any atom is -0.481 e. The number of amides is 2. The number of aromatic nitrogens is 1. The van der Waals surface area contributed by atoms with Gasteiger partial charge in [-0.05, 0) is 18.9 Å². The first-order valence-corrected chi connectivity index (χ1v) is 7.91. The third-order valence-electron chi connectivity index (χ3n) is 4.01. The zero-order valence-electron chi connectivity index (χ0n) is 14.3. The summed E-state index contributed by atoms with van der Waals surface area (Å²) in [6.07, 6.45) is 2.96. The highest BCUT2D eigenvalue weighted by atomic mass is 16.5. The van der Waals surface area contributed by atoms with Crippen molar-refractivity contribution in [2.75, 3.05) is 25.5 Å². The average Bonchev–Trinajstić information content (AvgIpc) is 2.54. The Morgan fingerprint density at radius 2 is 1.91 bits per heavy atom. The summed E-state index contributed by atoms with van der Waals surface area (Å²) in [4.78, 5) is 30.5. The molecule has 0 atom stereocenters. The average molecular weight is 319 g/mol. The number of nitrogens with zero attached hydrogens (tertiary/aromatic N) is 2. The Hall–Kier alpha value is -2.11. The van der Waals surface area contributed by atoms with Crippen LogP contribution in [0.25, 0.3) is 0 Å². The van der Waals surface area contributed by atoms with E-state index in [1.165, 1.54) is 0 Å². The number of carbonyl (C=O) groups excluding carboxylic acids is 2. The fourth-order valence-electron chi connectivity index (χ4n) is 2.64. The van der Waals surface area contributed by atoms with Crippen LogP contribution in [0.3, 0.4) is 0 Å². The van der Waals surface area contributed by atoms with E-state index in [1.807, 2.05) is 25.7 Å². The number of nitrogens with one attached hydrogen (secondary N) is 1. The Labute approximate surface area is 137 Å². The van der Waals surface area contributed by atoms with E-state index < -0.39 is 0 Å². The fraction of sp³-hybridized carbons (Fsp3) is 0.588. The van der Waals surface area contributed by atoms with Crippen LogP contribution in [0.4, 0.5) is 5.69 Å². The van der Waals surface area contributed by atoms with Crippen molar-refractivity contribution in [3.8, 4) is 5.88 Å². The van der Waals surface area contributed by atoms with E-state index in [-0.39, 0.29) is 23.1 Å². The molecule has 1 aliphatic rings. The zero-order valence-corrected chi connectivity index (χ0v) is 14.3. The number of hydrogen-bond donors (Lipinski definition) is 1. The van der Waals surface area contributed by atoms with E-state index in [4.69, 9.17) is 4.74 Å². The van der Waals surface area contributed by atoms with E-state index >= 15 is 0 Å². The molecule has 6 heteroatoms. The van der Waals surface area contributed by atoms with Gasteiger partial charge in [0.25, 0.3) is 0 Å². The number of hydrogen-bond acceptors (Lipinski definition) is 4. The summed E-state index contributed by atoms with van der Waals surface area (Å²) in [5, 5.41) is 2.88. The van der Waals surface area contributed by atoms with Crippen LogP contribution in [-0.4, -0.2) is 41.9 Å². The van der Waals surface area contributed by atoms with E-state index in [2.05, 4.69) is 10.3 Å². The molecular formula is C17H25N3O3. The molecule has 0 unspecified atom stereocenters. The number of piperidine rings is 1. The third kappa shape index (κ3) is 4.43. The molecular weight excluding hydrogens is 294 g/mol. The van der Waals surface area contributed by atoms with Crippen molar-refractivity contribution in [1.82, 2.24) is 9.88 Å². The van der Waals surface area contributed by atoms with Gasteiger partial charge in [-0.2, -0.15) is 0 Å². The zero-order chi connectivity index (χ0) is 17.0. The molecule has 2 rings (SSSR count). The van der Waals surface area contributed by atoms with Crippen molar-refractivity contribution < 1.29 is 14.3 Å². The topological polar surface area (TPSA) is 71.5 Å². The molecule has 2 amide bonds. The summed E-state index contributed by atoms with van der Waals surface area (Å²) in [5.74, 6) is 0.577. The molecule has 0 spiro atoms. The standard InChI is InChI=1S/C17H25N3O3/c1-17(2,3)16(22)20-9-7-12(8-10-20)15(21)19-13-5-6-14(23-4)18-11-13/h5-6,11-12H,7-10H2,1-4H3,(H,19,21). The second-order valence-corrected chi connectivity index (χ2v) is 6.89. The lowest BCUT2D eigenvalue weighted by Gasteiger charge is -2.35. The van der Waals surface area contributed by atoms with Crippen molar-refractivity contribution in [3.63, 3.8) is 0 Å². The van der Waals surface area contributed by atoms with Gasteiger partial charge in [-0.3, -0.25) is 9.59 Å². The SMILES string of the molecule is COc1ccc(NC(=O)C2CCN(C(=O)C(C)(C)C)CC2)cn1. The number of likely N-dealkylation sites (tertiary alicyclic amines) is 1. The highest BCUT2D eigenvalue weighted by Gasteiger charge is 2.32. The van der Waals surface area contributed by atoms with Crippen LogP contribution in [-0.2, 0) is 9.59 Å². The molecule has 0 aromatic carbocycles. The minimum absolute atomic E-state index is 0.0141. The highest BCUT2D eigenvalue weighted by Crippen LogP contribution is 2.24. The van der Waals surface area contributed by atoms with Gasteiger partial charge in [0, 0.05) is 30.5 Å². The molecule has 1 aromatic rings. The molecule has 1 aliphatic heterocycles. The number of rotatable bonds is 3. The van der Waals surface area contributed by atoms with Crippen molar-refractivity contribution in [2.24, 2.45) is 11.3 Å². The molecule has 23 heavy (non-hydrogen) atoms. The number of ether oxygens (including phenoxy) is 1. The maximum atomic E-state index is 12.3. The Balaban J connectivity index is 1.87. The maximum absolute atomic E-state index is 12.3. The first kappa shape index (κ1) is 17.2. The molecule has 1 aromatic heterocycles. The predicted molar refractivity (Wildman–Crippen MR) is 88.2 cm³/mol. The molecule has 0 saturated carbocycles. The van der Waals surface area contributed by atoms with Crippen LogP contribution < -0.4 is 10.1 Å². The molecule has 0 radical (unpaired) electrons. The molecule has 1 saturated heterocycles. The molecule has 2 heterocycles. The maximum Gasteiger partial charge on any atom is 0.227 e. The molecule has 0 aliphatic carbocycles. The van der Waals surface area contributed by atoms with Crippen molar-refractivity contribution >= 4 is 17.5 Å². The lowest BCUT2D eigenvalue weighted by molar-refractivity contribution is -0.142. The van der Waals surface area contributed by atoms with Gasteiger partial charge < -0.3 is 15.0 Å². The predicted octanol–water partition coefficient (Wildman–Crippen LogP) is 2.31. The van der Waals surface area contributed by atoms with Crippen LogP contribution in [0.2, 0.25) is 0 Å². The Morgan fingerprint density at radius 3 is 2.39 bits per heavy atom. The van der Waals surface area contributed by atoms with Crippen molar-refractivity contribution in [3.05, 3.63) is 18.3 Å². The number of carbonyl (C=O) groups is 2. The summed E-state index contributed by atoms with van der Waals surface area (Å²) < 4.78 is 4.99. The Morgan fingerprint density at radius 1 is 1.26 bits per heavy atom. The number of pyridine rings is 1. The van der Waals surface area contributed by atoms with Crippen LogP contribution in [0.5, 0.6) is 5.88 Å². The van der Waals surface area contributed by atoms with Crippen LogP contribution in [0.15, 0.2) is 18.3 Å². The summed E-state index contributed by atoms with van der Waals surface area (Å²) in [6.45, 7) is 7.03. The first-order valence-electron chi connectivity index (χ1n) is 7.91. The second-order valence-electron chi connectivity index (χ2n) is 6.89. The van der Waals surface area contributed by atoms with Crippen LogP contribution in [0.1, 0.15) is 33.6 Å². The van der Waals surface area contributed by atoms with E-state index in [9.17, 15) is 9.59 Å². The quantitative estimate of drug-likeness (QED) is 0.928. The van der Waals surface area contributed by atoms with Gasteiger partial charge in [0.2, 0.25) is 17.7 Å². The Bertz CT molecular complexity index is 555. The monoisotopic (exact) mass is 319 g/mol. The molecule has 126 valence electrons. The molecule has 1 N–H and O–H groups in total. The van der Waals surface area contributed by atoms with Gasteiger partial charge in [0.15, 0.2) is 0 Å². The summed E-state index contributed by atoms with van der Waals surface area (Å²) in [7, 11) is 1.55. The van der Waals surface area contributed by atoms with Gasteiger partial charge in [0.05, 0.1) is 19.0 Å². The van der Waals surface area contributed by atoms with Gasteiger partial charge in [-0.25, -0.2) is 4.98 Å². The van der Waals surface area contributed by atoms with E-state index in [1.54, 1.807) is 25.4 Å². The Kier molecular flexibility index (Phi) is 5.23. The van der Waals surface area contributed by atoms with Crippen molar-refractivity contribution in [1.29, 1.82) is 0 Å². The fourth-order valence-corrected chi connectivity index (χ4v) is 2.64. The van der Waals surface area contributed by atoms with Gasteiger partial charge >= 0.3 is 0 Å². The highest BCUT2D eigenvalue weighted by molar-refractivity contribution is 5.92. The molecule has 0 bridgehead atoms. The minimum atomic E-state index is -0.371. The largest absolute Gasteiger partial charge is 0.481 e. The number of anilines is 1. The third-order valence-corrected chi connectivity index (χ3v) is 4.01. The van der Waals surface area contributed by atoms with Crippen LogP contribution >= 0.6 is 0 Å². The summed E-state index contributed by atoms with van der Waals surface area (Å²) >= 11 is 0. The second kappa shape index (κ2) is 6.98. The van der Waals surface area contributed by atoms with Gasteiger partial charge in [-0.1, -0.05) is 20.8 Å². The van der Waals surface area contributed by atoms with Crippen molar-refractivity contribution in [2.45, 2.75) is 33.6 Å². The lowest BCUT2D eigenvalue weighted by Crippen LogP contribution is -2.45. The van der Waals surface area contributed by atoms with Crippen LogP contribution in [0, 0.1) is 11.3 Å². The smallest absolute Gasteiger partial charge is 0.227 e. The lowest BCUT2D eigenvalue weighted by atomic mass is 9.90. The summed E-state index contributed by atoms with van der Waals surface area (Å²) in [5.41, 5.74) is 0.285. The summed E-state index contributed by atoms with van der Waals surface area (Å²) in [6, 6.07) is 3.47. The van der Waals surface area contributed by atoms with E-state index in [0.29, 0.717) is 37.5 Å². The normalized spacial score (nSPS) is 16.1. The first-order chi connectivity index (χ1) is 10.8. The van der Waals surface area contributed by atoms with E-state index in [0.717, 1.165) is 0 Å². The van der Waals surface area contributed by atoms with Gasteiger partial charge in [-0.15, -0.1) is 0 Å². The van der Waals surface area contributed by atoms with Gasteiger partial charge in [0.1, 0.15) is 0 Å².